The summed E-state index contributed by atoms with van der Waals surface area (Å²) in [5, 5.41) is 0.227. The molecule has 1 saturated heterocycles. The van der Waals surface area contributed by atoms with Gasteiger partial charge in [-0.05, 0) is 12.2 Å². The molecule has 1 fully saturated rings. The number of carbonyl (C=O) groups excluding carboxylic acids is 1. The van der Waals surface area contributed by atoms with E-state index in [0.29, 0.717) is 0 Å². The van der Waals surface area contributed by atoms with E-state index >= 15 is 0 Å². The minimum Gasteiger partial charge on any atom is -0.399 e. The van der Waals surface area contributed by atoms with Crippen LogP contribution in [0.1, 0.15) is 10.4 Å². The molecule has 1 aliphatic heterocycles. The largest absolute Gasteiger partial charge is 0.399 e. The third kappa shape index (κ3) is 1.32. The highest BCUT2D eigenvalue weighted by Crippen LogP contribution is 2.58. The monoisotopic (exact) mass is 229 g/mol. The number of rotatable bonds is 2. The van der Waals surface area contributed by atoms with Crippen LogP contribution in [0.5, 0.6) is 0 Å². The molecule has 0 amide bonds. The highest BCUT2D eigenvalue weighted by atomic mass is 32.2. The van der Waals surface area contributed by atoms with Crippen LogP contribution in [0.4, 0.5) is 0 Å². The number of allylic oxidation sites excluding steroid dienone is 1. The first-order chi connectivity index (χ1) is 7.72. The summed E-state index contributed by atoms with van der Waals surface area (Å²) in [4.78, 5) is 12.3. The fraction of sp³-hybridized carbons (Fsp3) is 0.154. The molecule has 3 heteroatoms. The van der Waals surface area contributed by atoms with Crippen LogP contribution in [0, 0.1) is 0 Å². The molecular weight excluding hydrogens is 218 g/mol. The molecule has 1 heterocycles. The molecule has 2 N–H and O–H groups in total. The van der Waals surface area contributed by atoms with Gasteiger partial charge in [0.2, 0.25) is 0 Å². The maximum absolute atomic E-state index is 12.3. The van der Waals surface area contributed by atoms with Crippen molar-refractivity contribution in [3.63, 3.8) is 0 Å². The van der Waals surface area contributed by atoms with Crippen molar-refractivity contribution in [3.8, 4) is 0 Å². The Labute approximate surface area is 98.2 Å². The van der Waals surface area contributed by atoms with Crippen LogP contribution in [0.2, 0.25) is 0 Å². The molecule has 1 aromatic rings. The van der Waals surface area contributed by atoms with E-state index in [2.05, 4.69) is 0 Å². The van der Waals surface area contributed by atoms with Crippen LogP contribution >= 0.6 is 11.8 Å². The quantitative estimate of drug-likeness (QED) is 0.624. The summed E-state index contributed by atoms with van der Waals surface area (Å²) in [6.45, 7) is 0. The van der Waals surface area contributed by atoms with E-state index < -0.39 is 0 Å². The van der Waals surface area contributed by atoms with Crippen molar-refractivity contribution in [1.29, 1.82) is 0 Å². The number of nitrogens with two attached hydrogens (primary N) is 1. The Morgan fingerprint density at radius 1 is 1.31 bits per heavy atom. The summed E-state index contributed by atoms with van der Waals surface area (Å²) in [5.41, 5.74) is 7.23. The minimum absolute atomic E-state index is 0.183. The van der Waals surface area contributed by atoms with Crippen LogP contribution in [-0.2, 0) is 0 Å². The molecular formula is C13H11NOS. The maximum Gasteiger partial charge on any atom is 0.184 e. The van der Waals surface area contributed by atoms with E-state index in [1.54, 1.807) is 11.8 Å². The Hall–Kier alpha value is -1.48. The van der Waals surface area contributed by atoms with Gasteiger partial charge < -0.3 is 5.73 Å². The fourth-order valence-electron chi connectivity index (χ4n) is 1.99. The molecule has 2 aliphatic rings. The molecule has 0 bridgehead atoms. The van der Waals surface area contributed by atoms with Gasteiger partial charge in [-0.1, -0.05) is 36.4 Å². The molecule has 2 atom stereocenters. The normalized spacial score (nSPS) is 30.5. The van der Waals surface area contributed by atoms with Gasteiger partial charge in [0, 0.05) is 11.3 Å². The zero-order valence-electron chi connectivity index (χ0n) is 8.59. The van der Waals surface area contributed by atoms with Gasteiger partial charge in [0.15, 0.2) is 5.78 Å². The number of hydrogen-bond donors (Lipinski definition) is 1. The maximum atomic E-state index is 12.3. The second-order valence-corrected chi connectivity index (χ2v) is 5.45. The third-order valence-electron chi connectivity index (χ3n) is 2.95. The van der Waals surface area contributed by atoms with E-state index in [1.807, 2.05) is 48.6 Å². The number of benzene rings is 1. The number of hydrogen-bond acceptors (Lipinski definition) is 3. The molecule has 1 aromatic carbocycles. The zero-order chi connectivity index (χ0) is 11.2. The van der Waals surface area contributed by atoms with Crippen molar-refractivity contribution in [2.75, 3.05) is 0 Å². The number of thioether (sulfide) groups is 1. The molecule has 80 valence electrons. The fourth-order valence-corrected chi connectivity index (χ4v) is 3.19. The van der Waals surface area contributed by atoms with Crippen LogP contribution < -0.4 is 5.73 Å². The van der Waals surface area contributed by atoms with E-state index in [-0.39, 0.29) is 15.8 Å². The number of fused-ring (bicyclic) bond motifs is 1. The van der Waals surface area contributed by atoms with Gasteiger partial charge >= 0.3 is 0 Å². The summed E-state index contributed by atoms with van der Waals surface area (Å²) in [5.74, 6) is 0.183. The lowest BCUT2D eigenvalue weighted by Gasteiger charge is -2.11. The van der Waals surface area contributed by atoms with Crippen molar-refractivity contribution in [2.45, 2.75) is 10.00 Å². The van der Waals surface area contributed by atoms with E-state index in [4.69, 9.17) is 5.73 Å². The lowest BCUT2D eigenvalue weighted by atomic mass is 9.91. The summed E-state index contributed by atoms with van der Waals surface area (Å²) < 4.78 is -0.371. The Balaban J connectivity index is 1.92. The van der Waals surface area contributed by atoms with E-state index in [9.17, 15) is 4.79 Å². The molecule has 2 nitrogen and oxygen atoms in total. The topological polar surface area (TPSA) is 43.1 Å². The smallest absolute Gasteiger partial charge is 0.184 e. The number of carbonyl (C=O) groups is 1. The number of Topliss-reactive ketones (excluding diaryl/α,β-unsaturated/α-hetero) is 1. The van der Waals surface area contributed by atoms with Gasteiger partial charge in [0.05, 0.1) is 5.25 Å². The minimum atomic E-state index is -0.371. The second kappa shape index (κ2) is 3.25. The highest BCUT2D eigenvalue weighted by molar-refractivity contribution is 8.10. The second-order valence-electron chi connectivity index (χ2n) is 4.03. The standard InChI is InChI=1S/C13H11NOS/c14-10-6-7-13(11(8-10)16-13)12(15)9-4-2-1-3-5-9/h1-8,11H,14H2. The zero-order valence-corrected chi connectivity index (χ0v) is 9.41. The van der Waals surface area contributed by atoms with Crippen molar-refractivity contribution in [1.82, 2.24) is 0 Å². The van der Waals surface area contributed by atoms with Crippen molar-refractivity contribution >= 4 is 17.5 Å². The van der Waals surface area contributed by atoms with Gasteiger partial charge in [-0.15, -0.1) is 11.8 Å². The van der Waals surface area contributed by atoms with Crippen LogP contribution in [-0.4, -0.2) is 15.8 Å². The lowest BCUT2D eigenvalue weighted by Crippen LogP contribution is -2.26. The Morgan fingerprint density at radius 3 is 2.75 bits per heavy atom. The number of ketones is 1. The lowest BCUT2D eigenvalue weighted by molar-refractivity contribution is 0.0976. The van der Waals surface area contributed by atoms with Gasteiger partial charge in [-0.2, -0.15) is 0 Å². The average Bonchev–Trinajstić information content (AvgIpc) is 3.04. The SMILES string of the molecule is NC1=CC2SC2(C(=O)c2ccccc2)C=C1. The average molecular weight is 229 g/mol. The molecule has 0 radical (unpaired) electrons. The summed E-state index contributed by atoms with van der Waals surface area (Å²) >= 11 is 1.66. The summed E-state index contributed by atoms with van der Waals surface area (Å²) in [7, 11) is 0. The molecule has 3 rings (SSSR count). The highest BCUT2D eigenvalue weighted by Gasteiger charge is 2.59. The van der Waals surface area contributed by atoms with Gasteiger partial charge in [-0.3, -0.25) is 4.79 Å². The predicted octanol–water partition coefficient (Wildman–Crippen LogP) is 2.14. The summed E-state index contributed by atoms with van der Waals surface area (Å²) in [6.07, 6.45) is 5.73. The molecule has 0 spiro atoms. The first-order valence-corrected chi connectivity index (χ1v) is 6.04. The van der Waals surface area contributed by atoms with E-state index in [0.717, 1.165) is 11.3 Å². The van der Waals surface area contributed by atoms with Gasteiger partial charge in [0.25, 0.3) is 0 Å². The molecule has 16 heavy (non-hydrogen) atoms. The van der Waals surface area contributed by atoms with E-state index in [1.165, 1.54) is 0 Å². The predicted molar refractivity (Wildman–Crippen MR) is 66.3 cm³/mol. The Kier molecular flexibility index (Phi) is 1.98. The molecule has 1 aliphatic carbocycles. The molecule has 2 unspecified atom stereocenters. The van der Waals surface area contributed by atoms with Crippen LogP contribution in [0.25, 0.3) is 0 Å². The Bertz CT molecular complexity index is 506. The van der Waals surface area contributed by atoms with Crippen molar-refractivity contribution in [3.05, 3.63) is 59.8 Å². The molecule has 0 saturated carbocycles. The third-order valence-corrected chi connectivity index (χ3v) is 4.42. The van der Waals surface area contributed by atoms with Crippen LogP contribution in [0.3, 0.4) is 0 Å². The van der Waals surface area contributed by atoms with Crippen LogP contribution in [0.15, 0.2) is 54.3 Å². The molecule has 0 aromatic heterocycles. The van der Waals surface area contributed by atoms with Crippen molar-refractivity contribution < 1.29 is 4.79 Å². The first kappa shape index (κ1) is 9.73. The van der Waals surface area contributed by atoms with Gasteiger partial charge in [0.1, 0.15) is 4.75 Å². The van der Waals surface area contributed by atoms with Gasteiger partial charge in [-0.25, -0.2) is 0 Å². The first-order valence-electron chi connectivity index (χ1n) is 5.16. The van der Waals surface area contributed by atoms with Crippen molar-refractivity contribution in [2.24, 2.45) is 5.73 Å². The summed E-state index contributed by atoms with van der Waals surface area (Å²) in [6, 6.07) is 9.43. The Morgan fingerprint density at radius 2 is 2.06 bits per heavy atom.